The van der Waals surface area contributed by atoms with Gasteiger partial charge in [0.15, 0.2) is 5.96 Å². The smallest absolute Gasteiger partial charge is 0.239 e. The van der Waals surface area contributed by atoms with Crippen LogP contribution in [0.4, 0.5) is 5.69 Å². The molecule has 142 valence electrons. The van der Waals surface area contributed by atoms with Crippen LogP contribution in [0.1, 0.15) is 11.1 Å². The van der Waals surface area contributed by atoms with Gasteiger partial charge in [-0.2, -0.15) is 0 Å². The first-order valence-corrected chi connectivity index (χ1v) is 9.32. The average Bonchev–Trinajstić information content (AvgIpc) is 2.70. The summed E-state index contributed by atoms with van der Waals surface area (Å²) < 4.78 is 0. The molecule has 2 aromatic rings. The van der Waals surface area contributed by atoms with Crippen LogP contribution in [0.15, 0.2) is 53.5 Å². The normalized spacial score (nSPS) is 14.7. The lowest BCUT2D eigenvalue weighted by Gasteiger charge is -2.28. The molecule has 0 unspecified atom stereocenters. The minimum atomic E-state index is 0.0698. The number of anilines is 1. The van der Waals surface area contributed by atoms with Gasteiger partial charge in [-0.25, -0.2) is 0 Å². The molecule has 1 saturated heterocycles. The van der Waals surface area contributed by atoms with Gasteiger partial charge in [0, 0.05) is 43.9 Å². The van der Waals surface area contributed by atoms with E-state index in [1.54, 1.807) is 7.05 Å². The molecule has 0 aliphatic carbocycles. The summed E-state index contributed by atoms with van der Waals surface area (Å²) in [6, 6.07) is 16.0. The molecule has 0 radical (unpaired) electrons. The number of hydrogen-bond acceptors (Lipinski definition) is 3. The summed E-state index contributed by atoms with van der Waals surface area (Å²) in [6.45, 7) is 3.20. The molecule has 7 heteroatoms. The highest BCUT2D eigenvalue weighted by Crippen LogP contribution is 2.16. The minimum Gasteiger partial charge on any atom is -0.360 e. The third-order valence-corrected chi connectivity index (χ3v) is 4.80. The first-order valence-electron chi connectivity index (χ1n) is 8.94. The molecule has 6 nitrogen and oxygen atoms in total. The van der Waals surface area contributed by atoms with Crippen molar-refractivity contribution in [2.75, 3.05) is 31.6 Å². The highest BCUT2D eigenvalue weighted by molar-refractivity contribution is 6.31. The second-order valence-corrected chi connectivity index (χ2v) is 6.72. The molecule has 1 fully saturated rings. The van der Waals surface area contributed by atoms with Crippen molar-refractivity contribution in [3.8, 4) is 0 Å². The SMILES string of the molecule is CN=C(NCc1ccc(N2CCNC(=O)C2)cc1)NCc1ccccc1Cl. The van der Waals surface area contributed by atoms with Crippen molar-refractivity contribution in [2.45, 2.75) is 13.1 Å². The van der Waals surface area contributed by atoms with Gasteiger partial charge in [0.1, 0.15) is 0 Å². The molecule has 27 heavy (non-hydrogen) atoms. The zero-order valence-corrected chi connectivity index (χ0v) is 16.1. The number of piperazine rings is 1. The predicted octanol–water partition coefficient (Wildman–Crippen LogP) is 2.14. The van der Waals surface area contributed by atoms with Crippen LogP contribution in [-0.2, 0) is 17.9 Å². The Bertz CT molecular complexity index is 806. The van der Waals surface area contributed by atoms with Gasteiger partial charge in [-0.1, -0.05) is 41.9 Å². The second kappa shape index (κ2) is 9.28. The summed E-state index contributed by atoms with van der Waals surface area (Å²) in [7, 11) is 1.74. The van der Waals surface area contributed by atoms with Crippen molar-refractivity contribution in [3.63, 3.8) is 0 Å². The number of amides is 1. The van der Waals surface area contributed by atoms with E-state index in [-0.39, 0.29) is 5.91 Å². The Labute approximate surface area is 164 Å². The van der Waals surface area contributed by atoms with E-state index in [9.17, 15) is 4.79 Å². The van der Waals surface area contributed by atoms with E-state index in [1.807, 2.05) is 24.3 Å². The third kappa shape index (κ3) is 5.37. The molecule has 1 aliphatic heterocycles. The molecule has 3 N–H and O–H groups in total. The number of nitrogens with zero attached hydrogens (tertiary/aromatic N) is 2. The number of halogens is 1. The molecule has 0 bridgehead atoms. The molecule has 1 heterocycles. The highest BCUT2D eigenvalue weighted by atomic mass is 35.5. The molecule has 0 spiro atoms. The van der Waals surface area contributed by atoms with Crippen LogP contribution in [0, 0.1) is 0 Å². The molecule has 0 atom stereocenters. The van der Waals surface area contributed by atoms with Gasteiger partial charge >= 0.3 is 0 Å². The maximum absolute atomic E-state index is 11.5. The van der Waals surface area contributed by atoms with Crippen LogP contribution in [-0.4, -0.2) is 38.5 Å². The average molecular weight is 386 g/mol. The highest BCUT2D eigenvalue weighted by Gasteiger charge is 2.16. The van der Waals surface area contributed by atoms with Gasteiger partial charge in [0.05, 0.1) is 6.54 Å². The Kier molecular flexibility index (Phi) is 6.54. The van der Waals surface area contributed by atoms with Crippen LogP contribution in [0.2, 0.25) is 5.02 Å². The largest absolute Gasteiger partial charge is 0.360 e. The lowest BCUT2D eigenvalue weighted by molar-refractivity contribution is -0.120. The number of hydrogen-bond donors (Lipinski definition) is 3. The Morgan fingerprint density at radius 1 is 1.15 bits per heavy atom. The standard InChI is InChI=1S/C20H24ClN5O/c1-22-20(25-13-16-4-2-3-5-18(16)21)24-12-15-6-8-17(9-7-15)26-11-10-23-19(27)14-26/h2-9H,10-14H2,1H3,(H,23,27)(H2,22,24,25). The number of aliphatic imine (C=N–C) groups is 1. The molecular weight excluding hydrogens is 362 g/mol. The van der Waals surface area contributed by atoms with Gasteiger partial charge in [0.2, 0.25) is 5.91 Å². The summed E-state index contributed by atoms with van der Waals surface area (Å²) in [6.07, 6.45) is 0. The van der Waals surface area contributed by atoms with Crippen LogP contribution >= 0.6 is 11.6 Å². The van der Waals surface area contributed by atoms with Crippen LogP contribution in [0.5, 0.6) is 0 Å². The van der Waals surface area contributed by atoms with Gasteiger partial charge < -0.3 is 20.9 Å². The van der Waals surface area contributed by atoms with Crippen molar-refractivity contribution in [1.82, 2.24) is 16.0 Å². The van der Waals surface area contributed by atoms with Crippen LogP contribution < -0.4 is 20.9 Å². The number of guanidine groups is 1. The van der Waals surface area contributed by atoms with E-state index < -0.39 is 0 Å². The lowest BCUT2D eigenvalue weighted by Crippen LogP contribution is -2.47. The van der Waals surface area contributed by atoms with Crippen molar-refractivity contribution < 1.29 is 4.79 Å². The van der Waals surface area contributed by atoms with E-state index in [1.165, 1.54) is 0 Å². The van der Waals surface area contributed by atoms with E-state index >= 15 is 0 Å². The quantitative estimate of drug-likeness (QED) is 0.545. The van der Waals surface area contributed by atoms with Crippen LogP contribution in [0.3, 0.4) is 0 Å². The van der Waals surface area contributed by atoms with Gasteiger partial charge in [-0.05, 0) is 29.3 Å². The Balaban J connectivity index is 1.51. The van der Waals surface area contributed by atoms with Gasteiger partial charge in [-0.3, -0.25) is 9.79 Å². The molecule has 0 aromatic heterocycles. The maximum atomic E-state index is 11.5. The molecule has 1 amide bonds. The fourth-order valence-electron chi connectivity index (χ4n) is 2.91. The Morgan fingerprint density at radius 3 is 2.59 bits per heavy atom. The first kappa shape index (κ1) is 19.0. The second-order valence-electron chi connectivity index (χ2n) is 6.31. The molecule has 1 aliphatic rings. The Hall–Kier alpha value is -2.73. The number of carbonyl (C=O) groups excluding carboxylic acids is 1. The summed E-state index contributed by atoms with van der Waals surface area (Å²) in [5, 5.41) is 10.1. The predicted molar refractivity (Wildman–Crippen MR) is 110 cm³/mol. The minimum absolute atomic E-state index is 0.0698. The fraction of sp³-hybridized carbons (Fsp3) is 0.300. The lowest BCUT2D eigenvalue weighted by atomic mass is 10.2. The summed E-state index contributed by atoms with van der Waals surface area (Å²) in [4.78, 5) is 17.8. The topological polar surface area (TPSA) is 68.8 Å². The molecule has 3 rings (SSSR count). The Morgan fingerprint density at radius 2 is 1.89 bits per heavy atom. The summed E-state index contributed by atoms with van der Waals surface area (Å²) >= 11 is 6.18. The summed E-state index contributed by atoms with van der Waals surface area (Å²) in [5.74, 6) is 0.784. The van der Waals surface area contributed by atoms with Crippen molar-refractivity contribution in [3.05, 3.63) is 64.7 Å². The van der Waals surface area contributed by atoms with E-state index in [0.29, 0.717) is 32.1 Å². The molecule has 0 saturated carbocycles. The molecular formula is C20H24ClN5O. The van der Waals surface area contributed by atoms with Gasteiger partial charge in [-0.15, -0.1) is 0 Å². The fourth-order valence-corrected chi connectivity index (χ4v) is 3.11. The van der Waals surface area contributed by atoms with Gasteiger partial charge in [0.25, 0.3) is 0 Å². The number of rotatable bonds is 5. The zero-order chi connectivity index (χ0) is 19.1. The number of benzene rings is 2. The monoisotopic (exact) mass is 385 g/mol. The zero-order valence-electron chi connectivity index (χ0n) is 15.3. The number of carbonyl (C=O) groups is 1. The van der Waals surface area contributed by atoms with Crippen LogP contribution in [0.25, 0.3) is 0 Å². The van der Waals surface area contributed by atoms with Crippen molar-refractivity contribution >= 4 is 29.2 Å². The third-order valence-electron chi connectivity index (χ3n) is 4.43. The summed E-state index contributed by atoms with van der Waals surface area (Å²) in [5.41, 5.74) is 3.23. The molecule has 2 aromatic carbocycles. The first-order chi connectivity index (χ1) is 13.2. The van der Waals surface area contributed by atoms with Crippen molar-refractivity contribution in [2.24, 2.45) is 4.99 Å². The number of nitrogens with one attached hydrogen (secondary N) is 3. The maximum Gasteiger partial charge on any atom is 0.239 e. The van der Waals surface area contributed by atoms with Crippen molar-refractivity contribution in [1.29, 1.82) is 0 Å². The van der Waals surface area contributed by atoms with E-state index in [4.69, 9.17) is 11.6 Å². The van der Waals surface area contributed by atoms with E-state index in [2.05, 4.69) is 50.1 Å². The van der Waals surface area contributed by atoms with E-state index in [0.717, 1.165) is 28.4 Å².